The summed E-state index contributed by atoms with van der Waals surface area (Å²) in [7, 11) is 3.19. The van der Waals surface area contributed by atoms with Crippen molar-refractivity contribution in [2.45, 2.75) is 0 Å². The monoisotopic (exact) mass is 332 g/mol. The number of carbonyl (C=O) groups is 1. The molecule has 0 aliphatic rings. The highest BCUT2D eigenvalue weighted by Gasteiger charge is 2.11. The Kier molecular flexibility index (Phi) is 5.83. The van der Waals surface area contributed by atoms with Gasteiger partial charge in [-0.2, -0.15) is 5.26 Å². The lowest BCUT2D eigenvalue weighted by Gasteiger charge is -2.09. The quantitative estimate of drug-likeness (QED) is 0.483. The molecule has 0 aliphatic heterocycles. The zero-order valence-corrected chi connectivity index (χ0v) is 12.8. The molecule has 0 saturated heterocycles. The first-order chi connectivity index (χ1) is 9.49. The van der Waals surface area contributed by atoms with Crippen LogP contribution in [0.5, 0.6) is 5.75 Å². The highest BCUT2D eigenvalue weighted by atomic mass is 79.9. The molecular formula is C15H13BrN2O2. The normalized spacial score (nSPS) is 10.3. The standard InChI is InChI=1S/C15H13BrN2O2/c1-4-7-20-14-6-5-11(9-13(14)16)8-12(10-17)15(19)18(2)3/h1,5-6,8-9H,7H2,2-3H3/b12-8-. The summed E-state index contributed by atoms with van der Waals surface area (Å²) < 4.78 is 6.02. The Balaban J connectivity index is 3.04. The number of halogens is 1. The molecule has 0 heterocycles. The number of hydrogen-bond donors (Lipinski definition) is 0. The van der Waals surface area contributed by atoms with Crippen molar-refractivity contribution in [2.24, 2.45) is 0 Å². The van der Waals surface area contributed by atoms with Gasteiger partial charge in [0.1, 0.15) is 24.0 Å². The Morgan fingerprint density at radius 3 is 2.75 bits per heavy atom. The van der Waals surface area contributed by atoms with Gasteiger partial charge >= 0.3 is 0 Å². The van der Waals surface area contributed by atoms with Gasteiger partial charge in [0.05, 0.1) is 4.47 Å². The lowest BCUT2D eigenvalue weighted by atomic mass is 10.1. The molecule has 0 saturated carbocycles. The van der Waals surface area contributed by atoms with Crippen molar-refractivity contribution in [1.29, 1.82) is 5.26 Å². The third kappa shape index (κ3) is 4.15. The number of nitrogens with zero attached hydrogens (tertiary/aromatic N) is 2. The highest BCUT2D eigenvalue weighted by molar-refractivity contribution is 9.10. The number of likely N-dealkylation sites (N-methyl/N-ethyl adjacent to an activating group) is 1. The van der Waals surface area contributed by atoms with E-state index in [9.17, 15) is 4.79 Å². The van der Waals surface area contributed by atoms with E-state index in [2.05, 4.69) is 21.9 Å². The van der Waals surface area contributed by atoms with Crippen molar-refractivity contribution < 1.29 is 9.53 Å². The van der Waals surface area contributed by atoms with E-state index in [1.165, 1.54) is 11.0 Å². The molecule has 0 N–H and O–H groups in total. The van der Waals surface area contributed by atoms with Gasteiger partial charge in [-0.25, -0.2) is 0 Å². The van der Waals surface area contributed by atoms with Gasteiger partial charge in [-0.3, -0.25) is 4.79 Å². The van der Waals surface area contributed by atoms with E-state index in [4.69, 9.17) is 16.4 Å². The third-order valence-corrected chi connectivity index (χ3v) is 2.95. The molecule has 0 atom stereocenters. The first kappa shape index (κ1) is 15.8. The van der Waals surface area contributed by atoms with E-state index in [0.717, 1.165) is 5.56 Å². The number of terminal acetylenes is 1. The summed E-state index contributed by atoms with van der Waals surface area (Å²) in [4.78, 5) is 13.1. The van der Waals surface area contributed by atoms with Crippen LogP contribution in [0.2, 0.25) is 0 Å². The minimum Gasteiger partial charge on any atom is -0.480 e. The van der Waals surface area contributed by atoms with Crippen LogP contribution in [0.1, 0.15) is 5.56 Å². The summed E-state index contributed by atoms with van der Waals surface area (Å²) in [6, 6.07) is 7.12. The van der Waals surface area contributed by atoms with Crippen LogP contribution < -0.4 is 4.74 Å². The molecule has 0 unspecified atom stereocenters. The first-order valence-corrected chi connectivity index (χ1v) is 6.48. The summed E-state index contributed by atoms with van der Waals surface area (Å²) in [5.41, 5.74) is 0.788. The van der Waals surface area contributed by atoms with Crippen LogP contribution in [0.3, 0.4) is 0 Å². The van der Waals surface area contributed by atoms with Gasteiger partial charge in [0.25, 0.3) is 5.91 Å². The molecule has 20 heavy (non-hydrogen) atoms. The minimum absolute atomic E-state index is 0.0687. The second kappa shape index (κ2) is 7.37. The number of hydrogen-bond acceptors (Lipinski definition) is 3. The molecule has 0 radical (unpaired) electrons. The Labute approximate surface area is 126 Å². The number of carbonyl (C=O) groups excluding carboxylic acids is 1. The first-order valence-electron chi connectivity index (χ1n) is 5.69. The van der Waals surface area contributed by atoms with Crippen LogP contribution in [-0.4, -0.2) is 31.5 Å². The largest absolute Gasteiger partial charge is 0.480 e. The Hall–Kier alpha value is -2.24. The number of ether oxygens (including phenoxy) is 1. The van der Waals surface area contributed by atoms with Crippen LogP contribution in [0.4, 0.5) is 0 Å². The summed E-state index contributed by atoms with van der Waals surface area (Å²) in [5.74, 6) is 2.65. The predicted molar refractivity (Wildman–Crippen MR) is 80.8 cm³/mol. The molecule has 1 amide bonds. The lowest BCUT2D eigenvalue weighted by Crippen LogP contribution is -2.22. The molecule has 1 aromatic rings. The molecule has 0 aromatic heterocycles. The van der Waals surface area contributed by atoms with Crippen LogP contribution in [-0.2, 0) is 4.79 Å². The minimum atomic E-state index is -0.337. The van der Waals surface area contributed by atoms with Gasteiger partial charge in [-0.15, -0.1) is 6.42 Å². The molecule has 5 heteroatoms. The number of amides is 1. The molecule has 0 spiro atoms. The average molecular weight is 333 g/mol. The van der Waals surface area contributed by atoms with E-state index in [1.807, 2.05) is 6.07 Å². The zero-order valence-electron chi connectivity index (χ0n) is 11.2. The maximum atomic E-state index is 11.7. The molecule has 0 aliphatic carbocycles. The van der Waals surface area contributed by atoms with Crippen LogP contribution >= 0.6 is 15.9 Å². The Morgan fingerprint density at radius 2 is 2.25 bits per heavy atom. The second-order valence-electron chi connectivity index (χ2n) is 4.05. The van der Waals surface area contributed by atoms with Crippen molar-refractivity contribution >= 4 is 27.9 Å². The third-order valence-electron chi connectivity index (χ3n) is 2.33. The number of nitriles is 1. The molecule has 0 bridgehead atoms. The van der Waals surface area contributed by atoms with Gasteiger partial charge in [-0.05, 0) is 39.7 Å². The van der Waals surface area contributed by atoms with E-state index in [0.29, 0.717) is 10.2 Å². The molecule has 4 nitrogen and oxygen atoms in total. The van der Waals surface area contributed by atoms with E-state index < -0.39 is 0 Å². The maximum Gasteiger partial charge on any atom is 0.264 e. The molecular weight excluding hydrogens is 320 g/mol. The van der Waals surface area contributed by atoms with E-state index in [-0.39, 0.29) is 18.1 Å². The van der Waals surface area contributed by atoms with Gasteiger partial charge in [0.15, 0.2) is 0 Å². The van der Waals surface area contributed by atoms with Crippen LogP contribution in [0.15, 0.2) is 28.2 Å². The SMILES string of the molecule is C#CCOc1ccc(/C=C(/C#N)C(=O)N(C)C)cc1Br. The topological polar surface area (TPSA) is 53.3 Å². The van der Waals surface area contributed by atoms with E-state index >= 15 is 0 Å². The molecule has 1 rings (SSSR count). The second-order valence-corrected chi connectivity index (χ2v) is 4.91. The number of rotatable bonds is 4. The van der Waals surface area contributed by atoms with Crippen molar-refractivity contribution in [3.63, 3.8) is 0 Å². The highest BCUT2D eigenvalue weighted by Crippen LogP contribution is 2.27. The summed E-state index contributed by atoms with van der Waals surface area (Å²) in [6.45, 7) is 0.177. The summed E-state index contributed by atoms with van der Waals surface area (Å²) >= 11 is 3.35. The fraction of sp³-hybridized carbons (Fsp3) is 0.200. The van der Waals surface area contributed by atoms with Crippen molar-refractivity contribution in [3.8, 4) is 24.2 Å². The fourth-order valence-electron chi connectivity index (χ4n) is 1.39. The van der Waals surface area contributed by atoms with Gasteiger partial charge in [0.2, 0.25) is 0 Å². The van der Waals surface area contributed by atoms with Gasteiger partial charge in [-0.1, -0.05) is 12.0 Å². The number of benzene rings is 1. The smallest absolute Gasteiger partial charge is 0.264 e. The average Bonchev–Trinajstić information content (AvgIpc) is 2.43. The van der Waals surface area contributed by atoms with Crippen molar-refractivity contribution in [2.75, 3.05) is 20.7 Å². The van der Waals surface area contributed by atoms with E-state index in [1.54, 1.807) is 32.3 Å². The van der Waals surface area contributed by atoms with Gasteiger partial charge in [0, 0.05) is 14.1 Å². The molecule has 1 aromatic carbocycles. The Morgan fingerprint density at radius 1 is 1.55 bits per heavy atom. The van der Waals surface area contributed by atoms with Crippen molar-refractivity contribution in [3.05, 3.63) is 33.8 Å². The fourth-order valence-corrected chi connectivity index (χ4v) is 1.90. The van der Waals surface area contributed by atoms with Crippen LogP contribution in [0.25, 0.3) is 6.08 Å². The van der Waals surface area contributed by atoms with Gasteiger partial charge < -0.3 is 9.64 Å². The molecule has 102 valence electrons. The maximum absolute atomic E-state index is 11.7. The summed E-state index contributed by atoms with van der Waals surface area (Å²) in [6.07, 6.45) is 6.65. The van der Waals surface area contributed by atoms with Crippen LogP contribution in [0, 0.1) is 23.7 Å². The molecule has 0 fully saturated rings. The van der Waals surface area contributed by atoms with Crippen molar-refractivity contribution in [1.82, 2.24) is 4.90 Å². The lowest BCUT2D eigenvalue weighted by molar-refractivity contribution is -0.124. The predicted octanol–water partition coefficient (Wildman–Crippen LogP) is 2.46. The zero-order chi connectivity index (χ0) is 15.1. The Bertz CT molecular complexity index is 622. The summed E-state index contributed by atoms with van der Waals surface area (Å²) in [5, 5.41) is 9.02.